The minimum Gasteiger partial charge on any atom is -0.506 e. The Labute approximate surface area is 233 Å². The molecule has 4 aliphatic rings. The Morgan fingerprint density at radius 3 is 1.30 bits per heavy atom. The van der Waals surface area contributed by atoms with Gasteiger partial charge in [0, 0.05) is 57.9 Å². The molecule has 7 nitrogen and oxygen atoms in total. The Hall–Kier alpha value is -0.640. The second kappa shape index (κ2) is 13.6. The number of rotatable bonds is 8. The molecule has 0 unspecified atom stereocenters. The second-order valence-corrected chi connectivity index (χ2v) is 12.1. The highest BCUT2D eigenvalue weighted by atomic mass is 35.5. The fourth-order valence-electron chi connectivity index (χ4n) is 6.47. The van der Waals surface area contributed by atoms with Crippen molar-refractivity contribution in [3.8, 4) is 5.75 Å². The maximum atomic E-state index is 11.2. The summed E-state index contributed by atoms with van der Waals surface area (Å²) < 4.78 is 0. The van der Waals surface area contributed by atoms with Gasteiger partial charge in [-0.15, -0.1) is 0 Å². The summed E-state index contributed by atoms with van der Waals surface area (Å²) in [7, 11) is 0. The van der Waals surface area contributed by atoms with E-state index in [1.54, 1.807) is 0 Å². The molecule has 0 amide bonds. The Kier molecular flexibility index (Phi) is 10.3. The number of hydrogen-bond donors (Lipinski definition) is 1. The van der Waals surface area contributed by atoms with Crippen LogP contribution in [-0.2, 0) is 13.1 Å². The van der Waals surface area contributed by atoms with E-state index in [0.29, 0.717) is 23.1 Å². The van der Waals surface area contributed by atoms with E-state index in [4.69, 9.17) is 23.2 Å². The molecule has 4 fully saturated rings. The normalized spacial score (nSPS) is 23.8. The van der Waals surface area contributed by atoms with Gasteiger partial charge >= 0.3 is 0 Å². The van der Waals surface area contributed by atoms with Crippen LogP contribution in [0.1, 0.15) is 88.2 Å². The second-order valence-electron chi connectivity index (χ2n) is 11.3. The van der Waals surface area contributed by atoms with Gasteiger partial charge in [0.25, 0.3) is 0 Å². The van der Waals surface area contributed by atoms with Gasteiger partial charge in [-0.3, -0.25) is 0 Å². The zero-order valence-corrected chi connectivity index (χ0v) is 24.0. The molecule has 37 heavy (non-hydrogen) atoms. The van der Waals surface area contributed by atoms with Crippen molar-refractivity contribution in [2.24, 2.45) is 0 Å². The van der Waals surface area contributed by atoms with Crippen molar-refractivity contribution < 1.29 is 5.11 Å². The smallest absolute Gasteiger partial charge is 0.140 e. The first-order chi connectivity index (χ1) is 18.1. The van der Waals surface area contributed by atoms with E-state index < -0.39 is 0 Å². The number of aromatic hydroxyl groups is 1. The number of benzene rings is 1. The van der Waals surface area contributed by atoms with Crippen LogP contribution >= 0.6 is 23.2 Å². The maximum absolute atomic E-state index is 11.2. The summed E-state index contributed by atoms with van der Waals surface area (Å²) >= 11 is 13.9. The van der Waals surface area contributed by atoms with Crippen LogP contribution in [0.5, 0.6) is 5.75 Å². The highest BCUT2D eigenvalue weighted by Crippen LogP contribution is 2.39. The van der Waals surface area contributed by atoms with Crippen LogP contribution in [0.4, 0.5) is 0 Å². The first kappa shape index (κ1) is 27.9. The predicted octanol–water partition coefficient (Wildman–Crippen LogP) is 5.91. The molecule has 1 aromatic carbocycles. The van der Waals surface area contributed by atoms with Crippen LogP contribution in [0.15, 0.2) is 6.07 Å². The zero-order chi connectivity index (χ0) is 25.6. The molecule has 0 spiro atoms. The summed E-state index contributed by atoms with van der Waals surface area (Å²) in [5.41, 5.74) is 1.77. The van der Waals surface area contributed by atoms with Gasteiger partial charge in [0.2, 0.25) is 0 Å². The molecule has 1 aromatic rings. The first-order valence-corrected chi connectivity index (χ1v) is 15.6. The number of phenols is 1. The molecule has 0 radical (unpaired) electrons. The van der Waals surface area contributed by atoms with E-state index in [1.165, 1.54) is 77.0 Å². The Morgan fingerprint density at radius 1 is 0.568 bits per heavy atom. The Morgan fingerprint density at radius 2 is 0.919 bits per heavy atom. The molecule has 0 aromatic heterocycles. The highest BCUT2D eigenvalue weighted by molar-refractivity contribution is 6.35. The SMILES string of the molecule is Oc1c(Cl)cc(CN(N2CCCCC2)N2CCCCC2)c(Cl)c1CN(N1CCCCC1)N1CCCCC1. The number of phenolic OH excluding ortho intramolecular Hbond substituents is 1. The predicted molar refractivity (Wildman–Crippen MR) is 151 cm³/mol. The molecule has 0 aliphatic carbocycles. The summed E-state index contributed by atoms with van der Waals surface area (Å²) in [6, 6.07) is 1.90. The van der Waals surface area contributed by atoms with Gasteiger partial charge in [-0.2, -0.15) is 10.2 Å². The van der Waals surface area contributed by atoms with Crippen molar-refractivity contribution in [1.82, 2.24) is 30.3 Å². The molecule has 4 saturated heterocycles. The summed E-state index contributed by atoms with van der Waals surface area (Å²) in [4.78, 5) is 0. The third kappa shape index (κ3) is 6.93. The number of hydrogen-bond acceptors (Lipinski definition) is 7. The van der Waals surface area contributed by atoms with Gasteiger partial charge in [-0.05, 0) is 63.0 Å². The number of hydrazine groups is 4. The van der Waals surface area contributed by atoms with E-state index in [-0.39, 0.29) is 5.75 Å². The van der Waals surface area contributed by atoms with E-state index in [1.807, 2.05) is 6.07 Å². The lowest BCUT2D eigenvalue weighted by molar-refractivity contribution is -0.206. The summed E-state index contributed by atoms with van der Waals surface area (Å²) in [5.74, 6) is 0.136. The zero-order valence-electron chi connectivity index (χ0n) is 22.5. The molecular formula is C28H46Cl2N6O. The van der Waals surface area contributed by atoms with Crippen molar-refractivity contribution in [3.05, 3.63) is 27.2 Å². The van der Waals surface area contributed by atoms with Crippen LogP contribution < -0.4 is 0 Å². The quantitative estimate of drug-likeness (QED) is 0.430. The van der Waals surface area contributed by atoms with Crippen molar-refractivity contribution >= 4 is 23.2 Å². The van der Waals surface area contributed by atoms with Crippen LogP contribution in [0, 0.1) is 0 Å². The van der Waals surface area contributed by atoms with Crippen molar-refractivity contribution in [2.75, 3.05) is 52.4 Å². The van der Waals surface area contributed by atoms with Crippen LogP contribution in [0.25, 0.3) is 0 Å². The molecule has 4 aliphatic heterocycles. The molecule has 0 atom stereocenters. The topological polar surface area (TPSA) is 39.7 Å². The molecule has 0 bridgehead atoms. The average molecular weight is 554 g/mol. The third-order valence-electron chi connectivity index (χ3n) is 8.61. The van der Waals surface area contributed by atoms with Gasteiger partial charge in [0.05, 0.1) is 23.1 Å². The summed E-state index contributed by atoms with van der Waals surface area (Å²) in [6.45, 7) is 9.83. The number of piperidine rings is 4. The monoisotopic (exact) mass is 552 g/mol. The van der Waals surface area contributed by atoms with Crippen LogP contribution in [-0.4, -0.2) is 87.7 Å². The highest BCUT2D eigenvalue weighted by Gasteiger charge is 2.31. The maximum Gasteiger partial charge on any atom is 0.140 e. The minimum absolute atomic E-state index is 0.136. The van der Waals surface area contributed by atoms with Crippen LogP contribution in [0.2, 0.25) is 10.0 Å². The third-order valence-corrected chi connectivity index (χ3v) is 9.37. The van der Waals surface area contributed by atoms with E-state index in [0.717, 1.165) is 63.5 Å². The fourth-order valence-corrected chi connectivity index (χ4v) is 6.98. The average Bonchev–Trinajstić information content (AvgIpc) is 2.96. The van der Waals surface area contributed by atoms with E-state index in [2.05, 4.69) is 30.3 Å². The lowest BCUT2D eigenvalue weighted by Crippen LogP contribution is -2.56. The molecule has 208 valence electrons. The lowest BCUT2D eigenvalue weighted by atomic mass is 10.1. The standard InChI is InChI=1S/C28H46Cl2N6O/c29-26-21-24(22-35(31-13-5-1-6-14-31)32-15-7-2-8-16-32)27(30)25(28(26)37)23-36(33-17-9-3-10-18-33)34-19-11-4-12-20-34/h21,37H,1-20,22-23H2. The minimum atomic E-state index is 0.136. The van der Waals surface area contributed by atoms with Gasteiger partial charge < -0.3 is 5.11 Å². The van der Waals surface area contributed by atoms with Gasteiger partial charge in [0.15, 0.2) is 0 Å². The largest absolute Gasteiger partial charge is 0.506 e. The molecule has 1 N–H and O–H groups in total. The molecule has 0 saturated carbocycles. The Bertz CT molecular complexity index is 829. The summed E-state index contributed by atoms with van der Waals surface area (Å²) in [5, 5.41) is 27.0. The fraction of sp³-hybridized carbons (Fsp3) is 0.786. The van der Waals surface area contributed by atoms with Crippen LogP contribution in [0.3, 0.4) is 0 Å². The van der Waals surface area contributed by atoms with Crippen molar-refractivity contribution in [3.63, 3.8) is 0 Å². The molecule has 9 heteroatoms. The number of halogens is 2. The van der Waals surface area contributed by atoms with Crippen molar-refractivity contribution in [1.29, 1.82) is 0 Å². The summed E-state index contributed by atoms with van der Waals surface area (Å²) in [6.07, 6.45) is 15.0. The van der Waals surface area contributed by atoms with Gasteiger partial charge in [0.1, 0.15) is 5.75 Å². The number of nitrogens with zero attached hydrogens (tertiary/aromatic N) is 6. The lowest BCUT2D eigenvalue weighted by Gasteiger charge is -2.46. The molecular weight excluding hydrogens is 507 g/mol. The molecule has 4 heterocycles. The molecule has 5 rings (SSSR count). The first-order valence-electron chi connectivity index (χ1n) is 14.8. The van der Waals surface area contributed by atoms with Crippen molar-refractivity contribution in [2.45, 2.75) is 90.1 Å². The Balaban J connectivity index is 1.42. The van der Waals surface area contributed by atoms with Gasteiger partial charge in [-0.1, -0.05) is 48.9 Å². The van der Waals surface area contributed by atoms with Gasteiger partial charge in [-0.25, -0.2) is 20.0 Å². The van der Waals surface area contributed by atoms with E-state index >= 15 is 0 Å². The van der Waals surface area contributed by atoms with E-state index in [9.17, 15) is 5.11 Å².